The smallest absolute Gasteiger partial charge is 0.331 e. The third-order valence-electron chi connectivity index (χ3n) is 11.2. The van der Waals surface area contributed by atoms with Gasteiger partial charge in [-0.05, 0) is 47.8 Å². The number of fused-ring (bicyclic) bond motifs is 1. The molecule has 0 radical (unpaired) electrons. The van der Waals surface area contributed by atoms with Crippen molar-refractivity contribution in [2.45, 2.75) is 85.5 Å². The van der Waals surface area contributed by atoms with Crippen LogP contribution in [0.1, 0.15) is 72.8 Å². The van der Waals surface area contributed by atoms with Gasteiger partial charge in [-0.3, -0.25) is 14.4 Å². The van der Waals surface area contributed by atoms with Crippen molar-refractivity contribution in [3.63, 3.8) is 0 Å². The molecule has 0 aromatic heterocycles. The van der Waals surface area contributed by atoms with Crippen molar-refractivity contribution >= 4 is 29.8 Å². The molecule has 0 heterocycles. The fourth-order valence-electron chi connectivity index (χ4n) is 9.73. The largest absolute Gasteiger partial charge is 0.458 e. The van der Waals surface area contributed by atoms with Crippen molar-refractivity contribution in [1.82, 2.24) is 0 Å². The molecule has 2 spiro atoms. The van der Waals surface area contributed by atoms with Crippen LogP contribution >= 0.6 is 0 Å². The predicted octanol–water partition coefficient (Wildman–Crippen LogP) is 5.47. The third-order valence-corrected chi connectivity index (χ3v) is 11.2. The van der Waals surface area contributed by atoms with Crippen LogP contribution in [0, 0.1) is 33.5 Å². The van der Waals surface area contributed by atoms with Gasteiger partial charge in [-0.15, -0.1) is 0 Å². The van der Waals surface area contributed by atoms with Gasteiger partial charge in [-0.1, -0.05) is 64.6 Å². The predicted molar refractivity (Wildman–Crippen MR) is 148 cm³/mol. The minimum atomic E-state index is -0.900. The lowest BCUT2D eigenvalue weighted by Gasteiger charge is -2.60. The van der Waals surface area contributed by atoms with E-state index in [2.05, 4.69) is 27.4 Å². The first-order valence-electron chi connectivity index (χ1n) is 14.2. The Morgan fingerprint density at radius 1 is 0.975 bits per heavy atom. The van der Waals surface area contributed by atoms with Crippen LogP contribution in [0.15, 0.2) is 48.6 Å². The number of benzene rings is 1. The molecule has 214 valence electrons. The molecule has 40 heavy (non-hydrogen) atoms. The molecule has 2 bridgehead atoms. The summed E-state index contributed by atoms with van der Waals surface area (Å²) in [6, 6.07) is 9.51. The Morgan fingerprint density at radius 3 is 2.23 bits per heavy atom. The third kappa shape index (κ3) is 3.55. The second-order valence-corrected chi connectivity index (χ2v) is 13.0. The topological polar surface area (TPSA) is 96.0 Å². The monoisotopic (exact) mass is 548 g/mol. The van der Waals surface area contributed by atoms with Gasteiger partial charge in [0.1, 0.15) is 24.1 Å². The average molecular weight is 549 g/mol. The number of ketones is 1. The first kappa shape index (κ1) is 28.3. The van der Waals surface area contributed by atoms with E-state index in [1.54, 1.807) is 6.08 Å². The summed E-state index contributed by atoms with van der Waals surface area (Å²) in [5.41, 5.74) is -1.21. The molecule has 1 aromatic rings. The number of Topliss-reactive ketones (excluding diaryl/α,β-unsaturated/α-hetero) is 1. The summed E-state index contributed by atoms with van der Waals surface area (Å²) in [6.45, 7) is 15.6. The highest BCUT2D eigenvalue weighted by molar-refractivity contribution is 5.87. The fraction of sp³-hybridized carbons (Fsp3) is 0.576. The van der Waals surface area contributed by atoms with E-state index in [4.69, 9.17) is 14.2 Å². The van der Waals surface area contributed by atoms with Gasteiger partial charge in [0.15, 0.2) is 0 Å². The maximum Gasteiger partial charge on any atom is 0.331 e. The molecule has 0 amide bonds. The highest BCUT2D eigenvalue weighted by Gasteiger charge is 2.88. The Balaban J connectivity index is 1.63. The quantitative estimate of drug-likeness (QED) is 0.208. The van der Waals surface area contributed by atoms with Crippen LogP contribution in [0.5, 0.6) is 0 Å². The normalized spacial score (nSPS) is 39.4. The van der Waals surface area contributed by atoms with Crippen LogP contribution in [0.25, 0.3) is 6.08 Å². The Hall–Kier alpha value is -3.22. The average Bonchev–Trinajstić information content (AvgIpc) is 3.14. The van der Waals surface area contributed by atoms with Crippen molar-refractivity contribution < 1.29 is 33.4 Å². The standard InChI is InChI=1S/C33H40O7/c1-19-25(36)17-24-18-32-20(2)26(40-27(37)14-13-23-11-9-8-10-12-23)15-16-31(32,7)28(38-21(3)34)29(39-22(4)35)33(19,32)30(24,5)6/h8-14,19,24,26,28-29H,2,15-18H2,1,3-7H3/t19-,24+,26+,28+,29+,31+,32+,33-/m0/s1. The van der Waals surface area contributed by atoms with Crippen LogP contribution < -0.4 is 0 Å². The van der Waals surface area contributed by atoms with E-state index in [-0.39, 0.29) is 11.7 Å². The lowest BCUT2D eigenvalue weighted by molar-refractivity contribution is -0.194. The van der Waals surface area contributed by atoms with E-state index >= 15 is 0 Å². The molecule has 4 aliphatic rings. The number of carbonyl (C=O) groups excluding carboxylic acids is 4. The Kier molecular flexibility index (Phi) is 6.67. The summed E-state index contributed by atoms with van der Waals surface area (Å²) in [7, 11) is 0. The highest BCUT2D eigenvalue weighted by Crippen LogP contribution is 2.86. The lowest BCUT2D eigenvalue weighted by atomic mass is 9.42. The molecule has 8 atom stereocenters. The number of ether oxygens (including phenoxy) is 3. The van der Waals surface area contributed by atoms with Crippen LogP contribution in [0.3, 0.4) is 0 Å². The van der Waals surface area contributed by atoms with Gasteiger partial charge in [0.25, 0.3) is 0 Å². The molecule has 0 unspecified atom stereocenters. The van der Waals surface area contributed by atoms with Gasteiger partial charge in [-0.2, -0.15) is 0 Å². The fourth-order valence-corrected chi connectivity index (χ4v) is 9.73. The maximum absolute atomic E-state index is 13.6. The number of rotatable bonds is 5. The van der Waals surface area contributed by atoms with Crippen molar-refractivity contribution in [3.05, 3.63) is 54.1 Å². The summed E-state index contributed by atoms with van der Waals surface area (Å²) < 4.78 is 18.3. The van der Waals surface area contributed by atoms with Crippen LogP contribution in [-0.4, -0.2) is 42.0 Å². The molecular weight excluding hydrogens is 508 g/mol. The molecule has 5 rings (SSSR count). The molecule has 4 saturated carbocycles. The van der Waals surface area contributed by atoms with Crippen molar-refractivity contribution in [3.8, 4) is 0 Å². The van der Waals surface area contributed by atoms with Crippen molar-refractivity contribution in [2.24, 2.45) is 33.5 Å². The summed E-state index contributed by atoms with van der Waals surface area (Å²) in [6.07, 6.45) is 3.01. The molecular formula is C33H40O7. The molecule has 0 N–H and O–H groups in total. The molecule has 4 fully saturated rings. The lowest BCUT2D eigenvalue weighted by Crippen LogP contribution is -2.62. The maximum atomic E-state index is 13.6. The van der Waals surface area contributed by atoms with E-state index < -0.39 is 63.8 Å². The zero-order valence-corrected chi connectivity index (χ0v) is 24.3. The van der Waals surface area contributed by atoms with Crippen LogP contribution in [0.2, 0.25) is 0 Å². The first-order valence-corrected chi connectivity index (χ1v) is 14.2. The zero-order valence-electron chi connectivity index (χ0n) is 24.3. The highest BCUT2D eigenvalue weighted by atomic mass is 16.6. The van der Waals surface area contributed by atoms with E-state index in [0.29, 0.717) is 25.7 Å². The van der Waals surface area contributed by atoms with E-state index in [0.717, 1.165) is 11.1 Å². The Bertz CT molecular complexity index is 1290. The van der Waals surface area contributed by atoms with E-state index in [1.807, 2.05) is 37.3 Å². The zero-order chi connectivity index (χ0) is 29.3. The van der Waals surface area contributed by atoms with Gasteiger partial charge in [-0.25, -0.2) is 4.79 Å². The molecule has 7 heteroatoms. The van der Waals surface area contributed by atoms with Gasteiger partial charge < -0.3 is 14.2 Å². The molecule has 0 saturated heterocycles. The molecule has 0 aliphatic heterocycles. The molecule has 7 nitrogen and oxygen atoms in total. The number of carbonyl (C=O) groups is 4. The van der Waals surface area contributed by atoms with Gasteiger partial charge in [0, 0.05) is 48.5 Å². The summed E-state index contributed by atoms with van der Waals surface area (Å²) >= 11 is 0. The van der Waals surface area contributed by atoms with Gasteiger partial charge >= 0.3 is 17.9 Å². The minimum absolute atomic E-state index is 0.0102. The molecule has 4 aliphatic carbocycles. The van der Waals surface area contributed by atoms with Gasteiger partial charge in [0.2, 0.25) is 0 Å². The number of esters is 3. The second-order valence-electron chi connectivity index (χ2n) is 13.0. The number of hydrogen-bond acceptors (Lipinski definition) is 7. The Morgan fingerprint density at radius 2 is 1.60 bits per heavy atom. The first-order chi connectivity index (χ1) is 18.7. The number of hydrogen-bond donors (Lipinski definition) is 0. The van der Waals surface area contributed by atoms with Crippen molar-refractivity contribution in [2.75, 3.05) is 0 Å². The molecule has 1 aromatic carbocycles. The van der Waals surface area contributed by atoms with Gasteiger partial charge in [0.05, 0.1) is 0 Å². The SMILES string of the molecule is C=C1[C@H](OC(=O)C=Cc2ccccc2)CC[C@]2(C)[C@H](OC(C)=O)[C@@H](OC(C)=O)[C@]34[C@@H](C)C(=O)C[C@H](C[C@]132)C4(C)C. The summed E-state index contributed by atoms with van der Waals surface area (Å²) in [4.78, 5) is 51.8. The summed E-state index contributed by atoms with van der Waals surface area (Å²) in [5.74, 6) is -1.80. The summed E-state index contributed by atoms with van der Waals surface area (Å²) in [5, 5.41) is 0. The van der Waals surface area contributed by atoms with Crippen LogP contribution in [-0.2, 0) is 33.4 Å². The van der Waals surface area contributed by atoms with Crippen LogP contribution in [0.4, 0.5) is 0 Å². The minimum Gasteiger partial charge on any atom is -0.458 e. The van der Waals surface area contributed by atoms with E-state index in [9.17, 15) is 19.2 Å². The van der Waals surface area contributed by atoms with Crippen molar-refractivity contribution in [1.29, 1.82) is 0 Å². The van der Waals surface area contributed by atoms with E-state index in [1.165, 1.54) is 19.9 Å². The second kappa shape index (κ2) is 9.42. The Labute approximate surface area is 236 Å².